The third kappa shape index (κ3) is 8.87. The Hall–Kier alpha value is -2.49. The first-order valence-corrected chi connectivity index (χ1v) is 12.7. The van der Waals surface area contributed by atoms with Crippen molar-refractivity contribution >= 4 is 35.0 Å². The SMILES string of the molecule is CNC(=O)[C@@H](CC(=O)CNC(=O)[C@@H](CC(=O)[C@@H]1C[C@@H](O)CN1C)Cc1ccc(O)c(Cl)c1)CC(C)C. The topological polar surface area (TPSA) is 136 Å². The number of nitrogens with one attached hydrogen (secondary N) is 2. The van der Waals surface area contributed by atoms with E-state index in [-0.39, 0.29) is 60.0 Å². The number of phenolic OH excluding ortho intramolecular Hbond substituents is 1. The van der Waals surface area contributed by atoms with Gasteiger partial charge in [-0.1, -0.05) is 31.5 Å². The van der Waals surface area contributed by atoms with Gasteiger partial charge in [0.05, 0.1) is 23.7 Å². The van der Waals surface area contributed by atoms with Crippen molar-refractivity contribution in [3.05, 3.63) is 28.8 Å². The van der Waals surface area contributed by atoms with E-state index >= 15 is 0 Å². The molecule has 2 amide bonds. The summed E-state index contributed by atoms with van der Waals surface area (Å²) in [5.41, 5.74) is 0.661. The van der Waals surface area contributed by atoms with Gasteiger partial charge in [0.2, 0.25) is 11.8 Å². The number of carbonyl (C=O) groups is 4. The number of amides is 2. The van der Waals surface area contributed by atoms with Crippen molar-refractivity contribution < 1.29 is 29.4 Å². The average Bonchev–Trinajstić information content (AvgIpc) is 3.15. The molecule has 10 heteroatoms. The number of aromatic hydroxyl groups is 1. The number of halogens is 1. The minimum Gasteiger partial charge on any atom is -0.506 e. The first kappa shape index (κ1) is 29.7. The van der Waals surface area contributed by atoms with Crippen LogP contribution in [0.2, 0.25) is 5.02 Å². The Kier molecular flexibility index (Phi) is 11.3. The fourth-order valence-electron chi connectivity index (χ4n) is 4.68. The van der Waals surface area contributed by atoms with Crippen LogP contribution in [0.15, 0.2) is 18.2 Å². The summed E-state index contributed by atoms with van der Waals surface area (Å²) in [5.74, 6) is -2.20. The van der Waals surface area contributed by atoms with Crippen molar-refractivity contribution in [3.8, 4) is 5.75 Å². The average molecular weight is 524 g/mol. The monoisotopic (exact) mass is 523 g/mol. The molecule has 2 rings (SSSR count). The molecule has 200 valence electrons. The van der Waals surface area contributed by atoms with Crippen LogP contribution in [-0.4, -0.2) is 77.8 Å². The molecule has 9 nitrogen and oxygen atoms in total. The normalized spacial score (nSPS) is 19.6. The van der Waals surface area contributed by atoms with E-state index in [0.717, 1.165) is 0 Å². The summed E-state index contributed by atoms with van der Waals surface area (Å²) in [5, 5.41) is 25.0. The minimum absolute atomic E-state index is 0.0139. The van der Waals surface area contributed by atoms with E-state index < -0.39 is 29.9 Å². The third-order valence-corrected chi connectivity index (χ3v) is 6.82. The van der Waals surface area contributed by atoms with Gasteiger partial charge in [-0.2, -0.15) is 0 Å². The molecule has 0 radical (unpaired) electrons. The van der Waals surface area contributed by atoms with E-state index in [9.17, 15) is 29.4 Å². The van der Waals surface area contributed by atoms with Crippen LogP contribution in [-0.2, 0) is 25.6 Å². The second kappa shape index (κ2) is 13.7. The zero-order valence-electron chi connectivity index (χ0n) is 21.4. The number of likely N-dealkylation sites (tertiary alicyclic amines) is 1. The lowest BCUT2D eigenvalue weighted by Crippen LogP contribution is -2.40. The van der Waals surface area contributed by atoms with Crippen molar-refractivity contribution in [2.45, 2.75) is 58.1 Å². The van der Waals surface area contributed by atoms with Crippen LogP contribution >= 0.6 is 11.6 Å². The van der Waals surface area contributed by atoms with Crippen molar-refractivity contribution in [1.82, 2.24) is 15.5 Å². The summed E-state index contributed by atoms with van der Waals surface area (Å²) < 4.78 is 0. The Balaban J connectivity index is 2.09. The van der Waals surface area contributed by atoms with Crippen molar-refractivity contribution in [2.24, 2.45) is 17.8 Å². The summed E-state index contributed by atoms with van der Waals surface area (Å²) in [6.45, 7) is 4.09. The smallest absolute Gasteiger partial charge is 0.224 e. The summed E-state index contributed by atoms with van der Waals surface area (Å²) in [6, 6.07) is 4.11. The number of phenols is 1. The van der Waals surface area contributed by atoms with E-state index in [1.807, 2.05) is 13.8 Å². The molecule has 4 N–H and O–H groups in total. The zero-order valence-corrected chi connectivity index (χ0v) is 22.2. The van der Waals surface area contributed by atoms with E-state index in [1.165, 1.54) is 19.2 Å². The number of ketones is 2. The Bertz CT molecular complexity index is 954. The largest absolute Gasteiger partial charge is 0.506 e. The minimum atomic E-state index is -0.776. The maximum absolute atomic E-state index is 13.1. The van der Waals surface area contributed by atoms with Crippen molar-refractivity contribution in [3.63, 3.8) is 0 Å². The third-order valence-electron chi connectivity index (χ3n) is 6.52. The number of benzene rings is 1. The van der Waals surface area contributed by atoms with Crippen molar-refractivity contribution in [1.29, 1.82) is 0 Å². The molecule has 36 heavy (non-hydrogen) atoms. The van der Waals surface area contributed by atoms with E-state index in [1.54, 1.807) is 18.0 Å². The molecule has 1 aromatic rings. The van der Waals surface area contributed by atoms with Crippen LogP contribution < -0.4 is 10.6 Å². The van der Waals surface area contributed by atoms with Gasteiger partial charge in [0, 0.05) is 38.3 Å². The fourth-order valence-corrected chi connectivity index (χ4v) is 4.88. The van der Waals surface area contributed by atoms with Crippen LogP contribution in [0, 0.1) is 17.8 Å². The van der Waals surface area contributed by atoms with E-state index in [0.29, 0.717) is 24.9 Å². The number of Topliss-reactive ketones (excluding diaryl/α,β-unsaturated/α-hetero) is 2. The van der Waals surface area contributed by atoms with Crippen LogP contribution in [0.1, 0.15) is 45.1 Å². The lowest BCUT2D eigenvalue weighted by Gasteiger charge is -2.22. The maximum Gasteiger partial charge on any atom is 0.224 e. The van der Waals surface area contributed by atoms with Gasteiger partial charge in [0.15, 0.2) is 11.6 Å². The first-order chi connectivity index (χ1) is 16.9. The van der Waals surface area contributed by atoms with Gasteiger partial charge >= 0.3 is 0 Å². The molecule has 0 aromatic heterocycles. The van der Waals surface area contributed by atoms with Gasteiger partial charge in [-0.25, -0.2) is 0 Å². The van der Waals surface area contributed by atoms with E-state index in [2.05, 4.69) is 10.6 Å². The number of rotatable bonds is 13. The number of aliphatic hydroxyl groups excluding tert-OH is 1. The molecule has 0 spiro atoms. The molecule has 1 aliphatic heterocycles. The van der Waals surface area contributed by atoms with Gasteiger partial charge in [-0.3, -0.25) is 24.1 Å². The van der Waals surface area contributed by atoms with Gasteiger partial charge in [-0.15, -0.1) is 0 Å². The summed E-state index contributed by atoms with van der Waals surface area (Å²) >= 11 is 6.02. The highest BCUT2D eigenvalue weighted by Crippen LogP contribution is 2.27. The highest BCUT2D eigenvalue weighted by atomic mass is 35.5. The quantitative estimate of drug-likeness (QED) is 0.309. The standard InChI is InChI=1S/C26H38ClN3O6/c1-15(2)7-17(25(35)28-3)10-19(31)13-29-26(36)18(8-16-5-6-23(33)21(27)9-16)11-24(34)22-12-20(32)14-30(22)4/h5-6,9,15,17-18,20,22,32-33H,7-8,10-14H2,1-4H3,(H,28,35)(H,29,36)/t17-,18-,20-,22+/m1/s1. The van der Waals surface area contributed by atoms with Gasteiger partial charge in [-0.05, 0) is 49.9 Å². The molecule has 1 aliphatic rings. The Morgan fingerprint density at radius 3 is 2.39 bits per heavy atom. The molecule has 1 saturated heterocycles. The van der Waals surface area contributed by atoms with Gasteiger partial charge in [0.25, 0.3) is 0 Å². The summed E-state index contributed by atoms with van der Waals surface area (Å²) in [4.78, 5) is 52.6. The fraction of sp³-hybridized carbons (Fsp3) is 0.615. The van der Waals surface area contributed by atoms with Crippen LogP contribution in [0.3, 0.4) is 0 Å². The Labute approximate surface area is 217 Å². The second-order valence-corrected chi connectivity index (χ2v) is 10.5. The zero-order chi connectivity index (χ0) is 27.0. The molecule has 1 aromatic carbocycles. The number of hydrogen-bond donors (Lipinski definition) is 4. The van der Waals surface area contributed by atoms with Crippen LogP contribution in [0.25, 0.3) is 0 Å². The second-order valence-electron chi connectivity index (χ2n) is 10.1. The molecule has 0 unspecified atom stereocenters. The lowest BCUT2D eigenvalue weighted by atomic mass is 9.90. The van der Waals surface area contributed by atoms with Crippen LogP contribution in [0.5, 0.6) is 5.75 Å². The first-order valence-electron chi connectivity index (χ1n) is 12.3. The number of aliphatic hydroxyl groups is 1. The maximum atomic E-state index is 13.1. The van der Waals surface area contributed by atoms with Crippen LogP contribution in [0.4, 0.5) is 0 Å². The lowest BCUT2D eigenvalue weighted by molar-refractivity contribution is -0.132. The van der Waals surface area contributed by atoms with E-state index in [4.69, 9.17) is 11.6 Å². The molecular weight excluding hydrogens is 486 g/mol. The Morgan fingerprint density at radius 1 is 1.14 bits per heavy atom. The number of carbonyl (C=O) groups excluding carboxylic acids is 4. The number of hydrogen-bond acceptors (Lipinski definition) is 7. The van der Waals surface area contributed by atoms with Gasteiger partial charge in [0.1, 0.15) is 5.75 Å². The Morgan fingerprint density at radius 2 is 1.83 bits per heavy atom. The predicted molar refractivity (Wildman–Crippen MR) is 137 cm³/mol. The highest BCUT2D eigenvalue weighted by molar-refractivity contribution is 6.32. The molecule has 4 atom stereocenters. The predicted octanol–water partition coefficient (Wildman–Crippen LogP) is 1.71. The number of nitrogens with zero attached hydrogens (tertiary/aromatic N) is 1. The molecule has 0 saturated carbocycles. The molecule has 1 heterocycles. The number of β-amino-alcohol motifs (C(OH)–C–C–N with tert-alkyl or cyclic N) is 1. The molecule has 1 fully saturated rings. The summed E-state index contributed by atoms with van der Waals surface area (Å²) in [7, 11) is 3.28. The van der Waals surface area contributed by atoms with Gasteiger partial charge < -0.3 is 20.8 Å². The molecule has 0 aliphatic carbocycles. The summed E-state index contributed by atoms with van der Waals surface area (Å²) in [6.07, 6.45) is 0.389. The number of likely N-dealkylation sites (N-methyl/N-ethyl adjacent to an activating group) is 1. The molecular formula is C26H38ClN3O6. The molecule has 0 bridgehead atoms. The van der Waals surface area contributed by atoms with Crippen molar-refractivity contribution in [2.75, 3.05) is 27.2 Å². The highest BCUT2D eigenvalue weighted by Gasteiger charge is 2.35.